The number of carbonyl (C=O) groups is 2. The summed E-state index contributed by atoms with van der Waals surface area (Å²) in [5.74, 6) is -1.30. The summed E-state index contributed by atoms with van der Waals surface area (Å²) >= 11 is 0. The highest BCUT2D eigenvalue weighted by atomic mass is 17.3. The van der Waals surface area contributed by atoms with Gasteiger partial charge in [0.15, 0.2) is 0 Å². The second kappa shape index (κ2) is 17.7. The van der Waals surface area contributed by atoms with Crippen molar-refractivity contribution >= 4 is 11.9 Å². The van der Waals surface area contributed by atoms with Gasteiger partial charge in [0.2, 0.25) is 0 Å². The van der Waals surface area contributed by atoms with Crippen molar-refractivity contribution in [1.29, 1.82) is 0 Å². The average molecular weight is 497 g/mol. The summed E-state index contributed by atoms with van der Waals surface area (Å²) in [7, 11) is 0. The van der Waals surface area contributed by atoms with Gasteiger partial charge in [-0.25, -0.2) is 9.59 Å². The number of benzene rings is 2. The van der Waals surface area contributed by atoms with E-state index in [9.17, 15) is 9.59 Å². The molecule has 0 aliphatic rings. The average Bonchev–Trinajstić information content (AvgIpc) is 2.90. The number of carbonyl (C=O) groups excluding carboxylic acids is 2. The van der Waals surface area contributed by atoms with Gasteiger partial charge in [0, 0.05) is 6.42 Å². The van der Waals surface area contributed by atoms with Crippen molar-refractivity contribution in [1.82, 2.24) is 0 Å². The molecule has 0 spiro atoms. The van der Waals surface area contributed by atoms with E-state index in [1.807, 2.05) is 24.3 Å². The molecule has 6 nitrogen and oxygen atoms in total. The van der Waals surface area contributed by atoms with Gasteiger partial charge in [-0.15, -0.1) is 9.78 Å². The third-order valence-corrected chi connectivity index (χ3v) is 5.76. The lowest BCUT2D eigenvalue weighted by molar-refractivity contribution is -0.363. The van der Waals surface area contributed by atoms with Crippen molar-refractivity contribution in [2.24, 2.45) is 0 Å². The van der Waals surface area contributed by atoms with Crippen LogP contribution in [0, 0.1) is 13.2 Å². The Morgan fingerprint density at radius 2 is 1.03 bits per heavy atom. The Morgan fingerprint density at radius 1 is 0.611 bits per heavy atom. The molecule has 2 radical (unpaired) electrons. The van der Waals surface area contributed by atoms with Gasteiger partial charge >= 0.3 is 18.2 Å². The molecule has 0 saturated heterocycles. The normalized spacial score (nSPS) is 11.0. The molecule has 2 aromatic rings. The molecule has 0 fully saturated rings. The summed E-state index contributed by atoms with van der Waals surface area (Å²) in [5.41, 5.74) is 3.03. The van der Waals surface area contributed by atoms with Gasteiger partial charge in [0.1, 0.15) is 0 Å². The van der Waals surface area contributed by atoms with Crippen LogP contribution in [0.25, 0.3) is 0 Å². The van der Waals surface area contributed by atoms with Gasteiger partial charge in [0.25, 0.3) is 0 Å². The van der Waals surface area contributed by atoms with Gasteiger partial charge < -0.3 is 0 Å². The van der Waals surface area contributed by atoms with E-state index in [4.69, 9.17) is 19.6 Å². The first-order valence-electron chi connectivity index (χ1n) is 13.2. The smallest absolute Gasteiger partial charge is 0.289 e. The van der Waals surface area contributed by atoms with Crippen LogP contribution in [-0.2, 0) is 32.4 Å². The van der Waals surface area contributed by atoms with Crippen LogP contribution in [0.5, 0.6) is 0 Å². The molecule has 2 rings (SSSR count). The van der Waals surface area contributed by atoms with Gasteiger partial charge in [-0.05, 0) is 54.7 Å². The monoisotopic (exact) mass is 496 g/mol. The Hall–Kier alpha value is -2.70. The molecule has 0 aliphatic heterocycles. The third-order valence-electron chi connectivity index (χ3n) is 5.76. The number of rotatable bonds is 18. The number of aryl methyl sites for hydroxylation is 2. The minimum atomic E-state index is -0.648. The van der Waals surface area contributed by atoms with E-state index in [-0.39, 0.29) is 6.29 Å². The van der Waals surface area contributed by atoms with Crippen LogP contribution >= 0.6 is 0 Å². The lowest BCUT2D eigenvalue weighted by Gasteiger charge is -2.14. The molecule has 0 aromatic heterocycles. The highest BCUT2D eigenvalue weighted by Gasteiger charge is 2.21. The van der Waals surface area contributed by atoms with Crippen LogP contribution in [0.15, 0.2) is 48.5 Å². The fraction of sp³-hybridized carbons (Fsp3) is 0.467. The highest BCUT2D eigenvalue weighted by Crippen LogP contribution is 2.20. The van der Waals surface area contributed by atoms with Gasteiger partial charge in [-0.1, -0.05) is 96.4 Å². The predicted octanol–water partition coefficient (Wildman–Crippen LogP) is 7.91. The standard InChI is InChI=1S/C30H40O6/c1-4-7-8-9-10-11-12-15-28(33-35-29(31)26-20-16-24(13-5-2)17-21-26)34-36-30(32)27-22-18-25(14-6-3)19-23-27/h16-23H,1,4-15H2,2-3H3. The Kier molecular flexibility index (Phi) is 14.5. The zero-order valence-electron chi connectivity index (χ0n) is 21.8. The first-order chi connectivity index (χ1) is 17.6. The topological polar surface area (TPSA) is 71.1 Å². The molecule has 6 heteroatoms. The van der Waals surface area contributed by atoms with Crippen LogP contribution < -0.4 is 0 Å². The number of hydrogen-bond acceptors (Lipinski definition) is 6. The molecule has 0 N–H and O–H groups in total. The Labute approximate surface area is 216 Å². The van der Waals surface area contributed by atoms with Crippen LogP contribution in [-0.4, -0.2) is 11.9 Å². The molecule has 0 bridgehead atoms. The third kappa shape index (κ3) is 11.4. The molecule has 0 amide bonds. The maximum Gasteiger partial charge on any atom is 0.373 e. The predicted molar refractivity (Wildman–Crippen MR) is 139 cm³/mol. The summed E-state index contributed by atoms with van der Waals surface area (Å²) in [5, 5.41) is 0. The second-order valence-corrected chi connectivity index (χ2v) is 8.90. The molecule has 0 unspecified atom stereocenters. The lowest BCUT2D eigenvalue weighted by Crippen LogP contribution is -2.16. The van der Waals surface area contributed by atoms with Crippen molar-refractivity contribution in [3.63, 3.8) is 0 Å². The van der Waals surface area contributed by atoms with Gasteiger partial charge in [-0.3, -0.25) is 9.78 Å². The SMILES string of the molecule is [CH2]CCCCCCCC[C](OOC(=O)c1ccc(CCC)cc1)OOC(=O)c1ccc(CCC)cc1. The van der Waals surface area contributed by atoms with Crippen molar-refractivity contribution in [2.45, 2.75) is 90.9 Å². The molecule has 0 heterocycles. The van der Waals surface area contributed by atoms with Gasteiger partial charge in [0.05, 0.1) is 11.1 Å². The number of unbranched alkanes of at least 4 members (excludes halogenated alkanes) is 6. The highest BCUT2D eigenvalue weighted by molar-refractivity contribution is 5.89. The largest absolute Gasteiger partial charge is 0.373 e. The van der Waals surface area contributed by atoms with Gasteiger partial charge in [-0.2, -0.15) is 0 Å². The maximum absolute atomic E-state index is 12.4. The minimum absolute atomic E-state index is 0.0698. The Balaban J connectivity index is 1.88. The number of hydrogen-bond donors (Lipinski definition) is 0. The second-order valence-electron chi connectivity index (χ2n) is 8.90. The zero-order chi connectivity index (χ0) is 26.0. The molecule has 0 atom stereocenters. The quantitative estimate of drug-likeness (QED) is 0.119. The fourth-order valence-electron chi connectivity index (χ4n) is 3.71. The van der Waals surface area contributed by atoms with E-state index >= 15 is 0 Å². The van der Waals surface area contributed by atoms with E-state index in [1.54, 1.807) is 24.3 Å². The van der Waals surface area contributed by atoms with Crippen molar-refractivity contribution < 1.29 is 29.1 Å². The van der Waals surface area contributed by atoms with Crippen LogP contribution in [0.2, 0.25) is 0 Å². The fourth-order valence-corrected chi connectivity index (χ4v) is 3.71. The molecular weight excluding hydrogens is 456 g/mol. The summed E-state index contributed by atoms with van der Waals surface area (Å²) in [4.78, 5) is 45.1. The van der Waals surface area contributed by atoms with Crippen molar-refractivity contribution in [3.05, 3.63) is 84.0 Å². The molecule has 0 saturated carbocycles. The van der Waals surface area contributed by atoms with E-state index in [0.717, 1.165) is 81.8 Å². The minimum Gasteiger partial charge on any atom is -0.289 e. The van der Waals surface area contributed by atoms with Crippen LogP contribution in [0.1, 0.15) is 110 Å². The first-order valence-corrected chi connectivity index (χ1v) is 13.2. The van der Waals surface area contributed by atoms with E-state index in [2.05, 4.69) is 20.8 Å². The molecule has 196 valence electrons. The summed E-state index contributed by atoms with van der Waals surface area (Å²) in [6.07, 6.45) is 11.4. The molecule has 2 aromatic carbocycles. The first kappa shape index (κ1) is 29.5. The van der Waals surface area contributed by atoms with Crippen molar-refractivity contribution in [2.75, 3.05) is 0 Å². The molecular formula is C30H40O6. The van der Waals surface area contributed by atoms with Crippen molar-refractivity contribution in [3.8, 4) is 0 Å². The molecule has 36 heavy (non-hydrogen) atoms. The van der Waals surface area contributed by atoms with E-state index < -0.39 is 11.9 Å². The Morgan fingerprint density at radius 3 is 1.44 bits per heavy atom. The lowest BCUT2D eigenvalue weighted by atomic mass is 10.1. The van der Waals surface area contributed by atoms with Crippen LogP contribution in [0.4, 0.5) is 0 Å². The maximum atomic E-state index is 12.4. The van der Waals surface area contributed by atoms with E-state index in [1.165, 1.54) is 0 Å². The molecule has 0 aliphatic carbocycles. The summed E-state index contributed by atoms with van der Waals surface area (Å²) < 4.78 is 0. The summed E-state index contributed by atoms with van der Waals surface area (Å²) in [6, 6.07) is 14.4. The summed E-state index contributed by atoms with van der Waals surface area (Å²) in [6.45, 7) is 8.06. The van der Waals surface area contributed by atoms with E-state index in [0.29, 0.717) is 17.5 Å². The Bertz CT molecular complexity index is 810. The van der Waals surface area contributed by atoms with Crippen LogP contribution in [0.3, 0.4) is 0 Å². The zero-order valence-corrected chi connectivity index (χ0v) is 21.8.